The van der Waals surface area contributed by atoms with Crippen molar-refractivity contribution in [2.45, 2.75) is 194 Å². The highest BCUT2D eigenvalue weighted by molar-refractivity contribution is 5.50. The van der Waals surface area contributed by atoms with Crippen LogP contribution in [0.25, 0.3) is 0 Å². The second-order valence-corrected chi connectivity index (χ2v) is 18.5. The molecule has 1 aliphatic rings. The monoisotopic (exact) mass is 783 g/mol. The van der Waals surface area contributed by atoms with E-state index in [1.807, 2.05) is 0 Å². The quantitative estimate of drug-likeness (QED) is 0.0520. The zero-order valence-electron chi connectivity index (χ0n) is 37.7. The van der Waals surface area contributed by atoms with Crippen molar-refractivity contribution in [1.29, 1.82) is 0 Å². The van der Waals surface area contributed by atoms with Gasteiger partial charge in [-0.2, -0.15) is 0 Å². The molecule has 2 heteroatoms. The van der Waals surface area contributed by atoms with Crippen LogP contribution in [0.15, 0.2) is 84.9 Å². The van der Waals surface area contributed by atoms with E-state index in [9.17, 15) is 0 Å². The van der Waals surface area contributed by atoms with Gasteiger partial charge in [0.1, 0.15) is 0 Å². The van der Waals surface area contributed by atoms with Crippen molar-refractivity contribution in [3.8, 4) is 0 Å². The van der Waals surface area contributed by atoms with Gasteiger partial charge in [0.2, 0.25) is 0 Å². The average molecular weight is 783 g/mol. The zero-order valence-corrected chi connectivity index (χ0v) is 37.7. The molecule has 1 aliphatic carbocycles. The SMILES string of the molecule is CCCCCCC(c1ccc(C(CCC(CCCCCC)C2CCCCC2)c2ccc(C(CCCCCC)c3ccc(N)cc3C)cc2)cc1)c1ccc(N)cc1C. The summed E-state index contributed by atoms with van der Waals surface area (Å²) in [6.07, 6.45) is 29.3. The third-order valence-corrected chi connectivity index (χ3v) is 14.1. The largest absolute Gasteiger partial charge is 0.399 e. The van der Waals surface area contributed by atoms with Crippen LogP contribution in [0.1, 0.15) is 224 Å². The third-order valence-electron chi connectivity index (χ3n) is 14.1. The lowest BCUT2D eigenvalue weighted by atomic mass is 9.73. The molecule has 0 saturated heterocycles. The molecule has 4 aromatic carbocycles. The van der Waals surface area contributed by atoms with Crippen LogP contribution in [-0.2, 0) is 0 Å². The first-order valence-corrected chi connectivity index (χ1v) is 24.2. The Balaban J connectivity index is 1.47. The highest BCUT2D eigenvalue weighted by Gasteiger charge is 2.26. The van der Waals surface area contributed by atoms with Crippen LogP contribution in [0.5, 0.6) is 0 Å². The molecule has 4 aromatic rings. The fourth-order valence-electron chi connectivity index (χ4n) is 10.6. The van der Waals surface area contributed by atoms with Crippen LogP contribution >= 0.6 is 0 Å². The molecule has 0 aromatic heterocycles. The van der Waals surface area contributed by atoms with Gasteiger partial charge in [-0.15, -0.1) is 0 Å². The van der Waals surface area contributed by atoms with Crippen molar-refractivity contribution in [3.05, 3.63) is 129 Å². The number of benzene rings is 4. The van der Waals surface area contributed by atoms with Crippen LogP contribution in [-0.4, -0.2) is 0 Å². The molecule has 4 N–H and O–H groups in total. The Morgan fingerprint density at radius 3 is 1.22 bits per heavy atom. The molecule has 1 fully saturated rings. The molecule has 0 radical (unpaired) electrons. The Morgan fingerprint density at radius 2 is 0.828 bits per heavy atom. The smallest absolute Gasteiger partial charge is 0.0316 e. The van der Waals surface area contributed by atoms with Crippen LogP contribution in [0.3, 0.4) is 0 Å². The van der Waals surface area contributed by atoms with Crippen molar-refractivity contribution >= 4 is 11.4 Å². The number of nitrogen functional groups attached to an aromatic ring is 2. The number of aryl methyl sites for hydroxylation is 2. The first-order chi connectivity index (χ1) is 28.3. The first-order valence-electron chi connectivity index (χ1n) is 24.2. The fraction of sp³-hybridized carbons (Fsp3) is 0.571. The van der Waals surface area contributed by atoms with Gasteiger partial charge in [-0.25, -0.2) is 0 Å². The maximum absolute atomic E-state index is 6.25. The molecule has 316 valence electrons. The van der Waals surface area contributed by atoms with Crippen LogP contribution in [0.4, 0.5) is 11.4 Å². The molecule has 3 atom stereocenters. The number of nitrogens with two attached hydrogens (primary N) is 2. The molecular weight excluding hydrogens is 701 g/mol. The summed E-state index contributed by atoms with van der Waals surface area (Å²) >= 11 is 0. The number of anilines is 2. The normalized spacial score (nSPS) is 15.6. The Labute approximate surface area is 356 Å². The van der Waals surface area contributed by atoms with E-state index in [1.165, 1.54) is 186 Å². The highest BCUT2D eigenvalue weighted by atomic mass is 14.5. The maximum atomic E-state index is 6.25. The molecule has 0 bridgehead atoms. The minimum absolute atomic E-state index is 0.396. The number of unbranched alkanes of at least 4 members (excludes halogenated alkanes) is 9. The summed E-state index contributed by atoms with van der Waals surface area (Å²) < 4.78 is 0. The molecule has 1 saturated carbocycles. The molecule has 58 heavy (non-hydrogen) atoms. The van der Waals surface area contributed by atoms with E-state index in [2.05, 4.69) is 120 Å². The van der Waals surface area contributed by atoms with Gasteiger partial charge in [0.05, 0.1) is 0 Å². The predicted octanol–water partition coefficient (Wildman–Crippen LogP) is 16.8. The van der Waals surface area contributed by atoms with E-state index >= 15 is 0 Å². The molecule has 5 rings (SSSR count). The Hall–Kier alpha value is -3.52. The van der Waals surface area contributed by atoms with Crippen molar-refractivity contribution in [1.82, 2.24) is 0 Å². The van der Waals surface area contributed by atoms with E-state index < -0.39 is 0 Å². The first kappa shape index (κ1) is 45.6. The molecule has 0 heterocycles. The third kappa shape index (κ3) is 13.5. The Kier molecular flexibility index (Phi) is 19.3. The predicted molar refractivity (Wildman–Crippen MR) is 255 cm³/mol. The average Bonchev–Trinajstić information content (AvgIpc) is 3.23. The zero-order chi connectivity index (χ0) is 41.1. The maximum Gasteiger partial charge on any atom is 0.0316 e. The summed E-state index contributed by atoms with van der Waals surface area (Å²) in [5.74, 6) is 2.95. The summed E-state index contributed by atoms with van der Waals surface area (Å²) in [7, 11) is 0. The van der Waals surface area contributed by atoms with Crippen molar-refractivity contribution in [3.63, 3.8) is 0 Å². The van der Waals surface area contributed by atoms with Crippen molar-refractivity contribution in [2.24, 2.45) is 11.8 Å². The minimum atomic E-state index is 0.396. The molecule has 0 amide bonds. The van der Waals surface area contributed by atoms with Crippen LogP contribution in [0, 0.1) is 25.7 Å². The topological polar surface area (TPSA) is 52.0 Å². The second kappa shape index (κ2) is 24.5. The van der Waals surface area contributed by atoms with Gasteiger partial charge in [0.25, 0.3) is 0 Å². The summed E-state index contributed by atoms with van der Waals surface area (Å²) in [6, 6.07) is 33.1. The summed E-state index contributed by atoms with van der Waals surface area (Å²) in [6.45, 7) is 11.4. The molecule has 0 spiro atoms. The number of rotatable bonds is 25. The van der Waals surface area contributed by atoms with Crippen molar-refractivity contribution in [2.75, 3.05) is 11.5 Å². The minimum Gasteiger partial charge on any atom is -0.399 e. The van der Waals surface area contributed by atoms with E-state index in [4.69, 9.17) is 11.5 Å². The van der Waals surface area contributed by atoms with Crippen molar-refractivity contribution < 1.29 is 0 Å². The second-order valence-electron chi connectivity index (χ2n) is 18.5. The summed E-state index contributed by atoms with van der Waals surface area (Å²) in [4.78, 5) is 0. The van der Waals surface area contributed by atoms with Gasteiger partial charge < -0.3 is 11.5 Å². The Morgan fingerprint density at radius 1 is 0.431 bits per heavy atom. The van der Waals surface area contributed by atoms with Gasteiger partial charge in [0.15, 0.2) is 0 Å². The molecule has 3 unspecified atom stereocenters. The van der Waals surface area contributed by atoms with E-state index in [1.54, 1.807) is 0 Å². The number of hydrogen-bond donors (Lipinski definition) is 2. The summed E-state index contributed by atoms with van der Waals surface area (Å²) in [5.41, 5.74) is 25.6. The lowest BCUT2D eigenvalue weighted by molar-refractivity contribution is 0.214. The lowest BCUT2D eigenvalue weighted by Gasteiger charge is -2.32. The van der Waals surface area contributed by atoms with E-state index in [0.29, 0.717) is 17.8 Å². The Bertz CT molecular complexity index is 1620. The summed E-state index contributed by atoms with van der Waals surface area (Å²) in [5, 5.41) is 0. The van der Waals surface area contributed by atoms with Crippen LogP contribution in [0.2, 0.25) is 0 Å². The number of hydrogen-bond acceptors (Lipinski definition) is 2. The van der Waals surface area contributed by atoms with Gasteiger partial charge in [-0.3, -0.25) is 0 Å². The van der Waals surface area contributed by atoms with Gasteiger partial charge >= 0.3 is 0 Å². The molecule has 0 aliphatic heterocycles. The molecule has 2 nitrogen and oxygen atoms in total. The fourth-order valence-corrected chi connectivity index (χ4v) is 10.6. The van der Waals surface area contributed by atoms with E-state index in [0.717, 1.165) is 23.2 Å². The van der Waals surface area contributed by atoms with Gasteiger partial charge in [-0.1, -0.05) is 197 Å². The van der Waals surface area contributed by atoms with Gasteiger partial charge in [-0.05, 0) is 120 Å². The van der Waals surface area contributed by atoms with E-state index in [-0.39, 0.29) is 0 Å². The lowest BCUT2D eigenvalue weighted by Crippen LogP contribution is -2.19. The van der Waals surface area contributed by atoms with Crippen LogP contribution < -0.4 is 11.5 Å². The van der Waals surface area contributed by atoms with Gasteiger partial charge in [0, 0.05) is 29.1 Å². The highest BCUT2D eigenvalue weighted by Crippen LogP contribution is 2.41. The molecular formula is C56H82N2. The standard InChI is InChI=1S/C56H82N2/c1-6-9-12-16-23-45(44-21-17-15-18-22-44)34-37-54(46-26-30-48(31-27-46)55(24-19-13-10-7-2)52-38-35-50(57)40-42(52)4)47-28-32-49(33-29-47)56(25-20-14-11-8-3)53-39-36-51(58)41-43(53)5/h26-33,35-36,38-41,44-45,54-56H,6-25,34,37,57-58H2,1-5H3.